The van der Waals surface area contributed by atoms with Gasteiger partial charge in [-0.15, -0.1) is 0 Å². The Kier molecular flexibility index (Phi) is 4.78. The summed E-state index contributed by atoms with van der Waals surface area (Å²) < 4.78 is 25.7. The lowest BCUT2D eigenvalue weighted by Gasteiger charge is -2.27. The molecule has 0 bridgehead atoms. The third-order valence-corrected chi connectivity index (χ3v) is 4.23. The molecule has 5 N–H and O–H groups in total. The summed E-state index contributed by atoms with van der Waals surface area (Å²) in [6.07, 6.45) is 0.523. The van der Waals surface area contributed by atoms with E-state index in [4.69, 9.17) is 10.8 Å². The van der Waals surface area contributed by atoms with Gasteiger partial charge in [-0.2, -0.15) is 0 Å². The first kappa shape index (κ1) is 15.7. The van der Waals surface area contributed by atoms with Crippen molar-refractivity contribution in [2.45, 2.75) is 30.7 Å². The van der Waals surface area contributed by atoms with E-state index in [9.17, 15) is 8.42 Å². The van der Waals surface area contributed by atoms with E-state index in [0.717, 1.165) is 0 Å². The highest BCUT2D eigenvalue weighted by molar-refractivity contribution is 7.89. The molecule has 1 aromatic carbocycles. The van der Waals surface area contributed by atoms with E-state index < -0.39 is 10.0 Å². The van der Waals surface area contributed by atoms with Crippen molar-refractivity contribution in [1.29, 1.82) is 0 Å². The Hall–Kier alpha value is -1.31. The number of anilines is 2. The maximum Gasteiger partial charge on any atom is 0.240 e. The molecule has 0 unspecified atom stereocenters. The van der Waals surface area contributed by atoms with Crippen LogP contribution in [0.15, 0.2) is 23.1 Å². The number of nitrogen functional groups attached to an aromatic ring is 1. The molecule has 0 saturated heterocycles. The van der Waals surface area contributed by atoms with Crippen LogP contribution in [0.5, 0.6) is 0 Å². The highest BCUT2D eigenvalue weighted by Crippen LogP contribution is 2.26. The zero-order valence-corrected chi connectivity index (χ0v) is 12.2. The fourth-order valence-electron chi connectivity index (χ4n) is 1.64. The van der Waals surface area contributed by atoms with Crippen molar-refractivity contribution in [3.05, 3.63) is 18.2 Å². The standard InChI is InChI=1S/C12H21N3O3S/c1-12(2,6-7-16)15-11-8-9(4-5-10(11)13)19(17,18)14-3/h4-5,8,14-16H,6-7,13H2,1-3H3. The predicted octanol–water partition coefficient (Wildman–Crippen LogP) is 0.750. The van der Waals surface area contributed by atoms with Crippen LogP contribution in [0.1, 0.15) is 20.3 Å². The smallest absolute Gasteiger partial charge is 0.240 e. The van der Waals surface area contributed by atoms with Crippen molar-refractivity contribution in [3.8, 4) is 0 Å². The van der Waals surface area contributed by atoms with E-state index in [1.807, 2.05) is 13.8 Å². The summed E-state index contributed by atoms with van der Waals surface area (Å²) in [6.45, 7) is 3.85. The van der Waals surface area contributed by atoms with Gasteiger partial charge in [-0.3, -0.25) is 0 Å². The monoisotopic (exact) mass is 287 g/mol. The maximum atomic E-state index is 11.7. The minimum atomic E-state index is -3.50. The molecule has 6 nitrogen and oxygen atoms in total. The zero-order chi connectivity index (χ0) is 14.7. The molecule has 0 aromatic heterocycles. The van der Waals surface area contributed by atoms with Crippen LogP contribution in [0, 0.1) is 0 Å². The van der Waals surface area contributed by atoms with Gasteiger partial charge >= 0.3 is 0 Å². The molecule has 0 fully saturated rings. The molecule has 19 heavy (non-hydrogen) atoms. The van der Waals surface area contributed by atoms with Crippen LogP contribution in [0.2, 0.25) is 0 Å². The third-order valence-electron chi connectivity index (χ3n) is 2.81. The summed E-state index contributed by atoms with van der Waals surface area (Å²) >= 11 is 0. The van der Waals surface area contributed by atoms with Gasteiger partial charge in [0.15, 0.2) is 0 Å². The van der Waals surface area contributed by atoms with Gasteiger partial charge in [-0.05, 0) is 45.5 Å². The summed E-state index contributed by atoms with van der Waals surface area (Å²) in [5, 5.41) is 12.1. The molecule has 1 rings (SSSR count). The van der Waals surface area contributed by atoms with Crippen LogP contribution < -0.4 is 15.8 Å². The molecular formula is C12H21N3O3S. The minimum Gasteiger partial charge on any atom is -0.397 e. The van der Waals surface area contributed by atoms with Crippen molar-refractivity contribution in [3.63, 3.8) is 0 Å². The van der Waals surface area contributed by atoms with Crippen LogP contribution >= 0.6 is 0 Å². The normalized spacial score (nSPS) is 12.4. The molecule has 108 valence electrons. The van der Waals surface area contributed by atoms with Gasteiger partial charge in [0, 0.05) is 12.1 Å². The summed E-state index contributed by atoms with van der Waals surface area (Å²) in [5.74, 6) is 0. The lowest BCUT2D eigenvalue weighted by atomic mass is 10.0. The largest absolute Gasteiger partial charge is 0.397 e. The van der Waals surface area contributed by atoms with Gasteiger partial charge in [0.1, 0.15) is 0 Å². The van der Waals surface area contributed by atoms with E-state index in [0.29, 0.717) is 17.8 Å². The first-order chi connectivity index (χ1) is 8.72. The Morgan fingerprint density at radius 2 is 2.00 bits per heavy atom. The molecule has 0 aliphatic heterocycles. The van der Waals surface area contributed by atoms with Crippen LogP contribution in [0.25, 0.3) is 0 Å². The molecular weight excluding hydrogens is 266 g/mol. The topological polar surface area (TPSA) is 104 Å². The second-order valence-corrected chi connectivity index (χ2v) is 6.83. The molecule has 0 heterocycles. The van der Waals surface area contributed by atoms with Gasteiger partial charge in [-0.25, -0.2) is 13.1 Å². The zero-order valence-electron chi connectivity index (χ0n) is 11.4. The second-order valence-electron chi connectivity index (χ2n) is 4.94. The molecule has 0 amide bonds. The summed E-state index contributed by atoms with van der Waals surface area (Å²) in [4.78, 5) is 0.145. The Bertz CT molecular complexity index is 541. The summed E-state index contributed by atoms with van der Waals surface area (Å²) in [6, 6.07) is 4.48. The van der Waals surface area contributed by atoms with Crippen LogP contribution in [0.4, 0.5) is 11.4 Å². The maximum absolute atomic E-state index is 11.7. The van der Waals surface area contributed by atoms with Crippen molar-refractivity contribution < 1.29 is 13.5 Å². The van der Waals surface area contributed by atoms with Crippen LogP contribution in [-0.2, 0) is 10.0 Å². The molecule has 0 radical (unpaired) electrons. The predicted molar refractivity (Wildman–Crippen MR) is 76.5 cm³/mol. The molecule has 1 aromatic rings. The Morgan fingerprint density at radius 3 is 2.53 bits per heavy atom. The second kappa shape index (κ2) is 5.77. The van der Waals surface area contributed by atoms with Gasteiger partial charge < -0.3 is 16.2 Å². The molecule has 0 aliphatic rings. The first-order valence-corrected chi connectivity index (χ1v) is 7.42. The van der Waals surface area contributed by atoms with Crippen molar-refractivity contribution in [1.82, 2.24) is 4.72 Å². The van der Waals surface area contributed by atoms with Gasteiger partial charge in [0.25, 0.3) is 0 Å². The highest BCUT2D eigenvalue weighted by Gasteiger charge is 2.19. The van der Waals surface area contributed by atoms with E-state index >= 15 is 0 Å². The fourth-order valence-corrected chi connectivity index (χ4v) is 2.39. The number of sulfonamides is 1. The summed E-state index contributed by atoms with van der Waals surface area (Å²) in [7, 11) is -2.14. The number of hydrogen-bond donors (Lipinski definition) is 4. The van der Waals surface area contributed by atoms with Crippen molar-refractivity contribution in [2.75, 3.05) is 24.7 Å². The van der Waals surface area contributed by atoms with Crippen LogP contribution in [-0.4, -0.2) is 32.7 Å². The Morgan fingerprint density at radius 1 is 1.37 bits per heavy atom. The van der Waals surface area contributed by atoms with Crippen molar-refractivity contribution in [2.24, 2.45) is 0 Å². The molecule has 0 atom stereocenters. The number of benzene rings is 1. The first-order valence-electron chi connectivity index (χ1n) is 5.94. The number of nitrogens with two attached hydrogens (primary N) is 1. The number of aliphatic hydroxyl groups excluding tert-OH is 1. The average Bonchev–Trinajstić information content (AvgIpc) is 2.31. The van der Waals surface area contributed by atoms with E-state index in [1.54, 1.807) is 6.07 Å². The SMILES string of the molecule is CNS(=O)(=O)c1ccc(N)c(NC(C)(C)CCO)c1. The number of rotatable bonds is 6. The van der Waals surface area contributed by atoms with E-state index in [2.05, 4.69) is 10.0 Å². The third kappa shape index (κ3) is 4.09. The van der Waals surface area contributed by atoms with Crippen LogP contribution in [0.3, 0.4) is 0 Å². The minimum absolute atomic E-state index is 0.0361. The van der Waals surface area contributed by atoms with Gasteiger partial charge in [0.05, 0.1) is 16.3 Å². The number of hydrogen-bond acceptors (Lipinski definition) is 5. The van der Waals surface area contributed by atoms with Crippen molar-refractivity contribution >= 4 is 21.4 Å². The molecule has 0 saturated carbocycles. The molecule has 0 spiro atoms. The molecule has 7 heteroatoms. The quantitative estimate of drug-likeness (QED) is 0.578. The fraction of sp³-hybridized carbons (Fsp3) is 0.500. The lowest BCUT2D eigenvalue weighted by molar-refractivity contribution is 0.261. The highest BCUT2D eigenvalue weighted by atomic mass is 32.2. The number of nitrogens with one attached hydrogen (secondary N) is 2. The van der Waals surface area contributed by atoms with E-state index in [1.165, 1.54) is 19.2 Å². The average molecular weight is 287 g/mol. The summed E-state index contributed by atoms with van der Waals surface area (Å²) in [5.41, 5.74) is 6.45. The van der Waals surface area contributed by atoms with E-state index in [-0.39, 0.29) is 17.0 Å². The van der Waals surface area contributed by atoms with Gasteiger partial charge in [0.2, 0.25) is 10.0 Å². The van der Waals surface area contributed by atoms with Gasteiger partial charge in [-0.1, -0.05) is 0 Å². The molecule has 0 aliphatic carbocycles. The lowest BCUT2D eigenvalue weighted by Crippen LogP contribution is -2.32. The Labute approximate surface area is 114 Å². The Balaban J connectivity index is 3.12. The number of aliphatic hydroxyl groups is 1.